The minimum atomic E-state index is -0.476. The molecule has 2 rings (SSSR count). The van der Waals surface area contributed by atoms with Crippen molar-refractivity contribution in [3.8, 4) is 0 Å². The third-order valence-corrected chi connectivity index (χ3v) is 3.60. The molecule has 0 saturated heterocycles. The van der Waals surface area contributed by atoms with Gasteiger partial charge in [-0.2, -0.15) is 0 Å². The van der Waals surface area contributed by atoms with Crippen LogP contribution in [0.5, 0.6) is 0 Å². The van der Waals surface area contributed by atoms with Crippen molar-refractivity contribution in [2.75, 3.05) is 11.9 Å². The van der Waals surface area contributed by atoms with E-state index in [0.29, 0.717) is 11.6 Å². The van der Waals surface area contributed by atoms with E-state index in [1.807, 2.05) is 0 Å². The van der Waals surface area contributed by atoms with Gasteiger partial charge in [-0.1, -0.05) is 26.7 Å². The van der Waals surface area contributed by atoms with Crippen molar-refractivity contribution in [1.29, 1.82) is 0 Å². The van der Waals surface area contributed by atoms with E-state index in [1.54, 1.807) is 0 Å². The molecule has 1 aromatic carbocycles. The number of nitrogens with one attached hydrogen (secondary N) is 1. The van der Waals surface area contributed by atoms with Gasteiger partial charge < -0.3 is 5.32 Å². The SMILES string of the molecule is CCC(CC)C1CNc2c(F)cc(F)cc21. The zero-order valence-corrected chi connectivity index (χ0v) is 9.69. The Bertz CT molecular complexity index is 386. The van der Waals surface area contributed by atoms with Crippen LogP contribution < -0.4 is 5.32 Å². The van der Waals surface area contributed by atoms with Gasteiger partial charge >= 0.3 is 0 Å². The molecule has 88 valence electrons. The van der Waals surface area contributed by atoms with E-state index in [2.05, 4.69) is 19.2 Å². The molecule has 1 heterocycles. The summed E-state index contributed by atoms with van der Waals surface area (Å²) >= 11 is 0. The molecule has 3 heteroatoms. The Morgan fingerprint density at radius 3 is 2.62 bits per heavy atom. The van der Waals surface area contributed by atoms with Crippen LogP contribution >= 0.6 is 0 Å². The predicted octanol–water partition coefficient (Wildman–Crippen LogP) is 3.91. The summed E-state index contributed by atoms with van der Waals surface area (Å²) in [5, 5.41) is 3.05. The van der Waals surface area contributed by atoms with Gasteiger partial charge in [0.25, 0.3) is 0 Å². The van der Waals surface area contributed by atoms with E-state index >= 15 is 0 Å². The summed E-state index contributed by atoms with van der Waals surface area (Å²) in [5.41, 5.74) is 1.31. The molecule has 0 aromatic heterocycles. The summed E-state index contributed by atoms with van der Waals surface area (Å²) in [7, 11) is 0. The molecule has 1 aromatic rings. The van der Waals surface area contributed by atoms with Crippen LogP contribution in [0.4, 0.5) is 14.5 Å². The number of fused-ring (bicyclic) bond motifs is 1. The van der Waals surface area contributed by atoms with Gasteiger partial charge in [-0.3, -0.25) is 0 Å². The van der Waals surface area contributed by atoms with Gasteiger partial charge in [0.15, 0.2) is 0 Å². The van der Waals surface area contributed by atoms with Crippen molar-refractivity contribution >= 4 is 5.69 Å². The van der Waals surface area contributed by atoms with Crippen LogP contribution in [0.2, 0.25) is 0 Å². The topological polar surface area (TPSA) is 12.0 Å². The van der Waals surface area contributed by atoms with Crippen LogP contribution in [-0.2, 0) is 0 Å². The summed E-state index contributed by atoms with van der Waals surface area (Å²) < 4.78 is 26.7. The van der Waals surface area contributed by atoms with E-state index in [4.69, 9.17) is 0 Å². The highest BCUT2D eigenvalue weighted by Crippen LogP contribution is 2.40. The first-order valence-electron chi connectivity index (χ1n) is 5.90. The molecule has 1 aliphatic heterocycles. The van der Waals surface area contributed by atoms with Crippen molar-refractivity contribution in [1.82, 2.24) is 0 Å². The molecule has 1 N–H and O–H groups in total. The van der Waals surface area contributed by atoms with Gasteiger partial charge in [0.05, 0.1) is 5.69 Å². The summed E-state index contributed by atoms with van der Waals surface area (Å²) in [6.07, 6.45) is 2.08. The Kier molecular flexibility index (Phi) is 3.13. The quantitative estimate of drug-likeness (QED) is 0.822. The minimum Gasteiger partial charge on any atom is -0.382 e. The summed E-state index contributed by atoms with van der Waals surface area (Å²) in [6, 6.07) is 2.42. The molecule has 0 saturated carbocycles. The second-order valence-corrected chi connectivity index (χ2v) is 4.42. The molecule has 1 atom stereocenters. The van der Waals surface area contributed by atoms with E-state index in [9.17, 15) is 8.78 Å². The van der Waals surface area contributed by atoms with E-state index in [-0.39, 0.29) is 5.92 Å². The fourth-order valence-electron chi connectivity index (χ4n) is 2.67. The van der Waals surface area contributed by atoms with Crippen LogP contribution in [0.3, 0.4) is 0 Å². The number of anilines is 1. The second-order valence-electron chi connectivity index (χ2n) is 4.42. The van der Waals surface area contributed by atoms with Crippen molar-refractivity contribution in [2.24, 2.45) is 5.92 Å². The largest absolute Gasteiger partial charge is 0.382 e. The van der Waals surface area contributed by atoms with Gasteiger partial charge in [0.2, 0.25) is 0 Å². The lowest BCUT2D eigenvalue weighted by molar-refractivity contribution is 0.417. The average Bonchev–Trinajstić information content (AvgIpc) is 2.64. The highest BCUT2D eigenvalue weighted by atomic mass is 19.1. The Morgan fingerprint density at radius 2 is 2.00 bits per heavy atom. The number of hydrogen-bond acceptors (Lipinski definition) is 1. The lowest BCUT2D eigenvalue weighted by atomic mass is 9.84. The average molecular weight is 225 g/mol. The maximum atomic E-state index is 13.5. The molecular weight excluding hydrogens is 208 g/mol. The van der Waals surface area contributed by atoms with Crippen LogP contribution in [0.25, 0.3) is 0 Å². The predicted molar refractivity (Wildman–Crippen MR) is 61.7 cm³/mol. The van der Waals surface area contributed by atoms with Gasteiger partial charge in [0, 0.05) is 18.5 Å². The maximum absolute atomic E-state index is 13.5. The summed E-state index contributed by atoms with van der Waals surface area (Å²) in [5.74, 6) is -0.204. The summed E-state index contributed by atoms with van der Waals surface area (Å²) in [6.45, 7) is 4.98. The van der Waals surface area contributed by atoms with Crippen molar-refractivity contribution < 1.29 is 8.78 Å². The molecule has 0 amide bonds. The van der Waals surface area contributed by atoms with Crippen LogP contribution in [-0.4, -0.2) is 6.54 Å². The fourth-order valence-corrected chi connectivity index (χ4v) is 2.67. The summed E-state index contributed by atoms with van der Waals surface area (Å²) in [4.78, 5) is 0. The Balaban J connectivity index is 2.38. The first-order chi connectivity index (χ1) is 7.67. The molecule has 16 heavy (non-hydrogen) atoms. The third-order valence-electron chi connectivity index (χ3n) is 3.60. The molecular formula is C13H17F2N. The smallest absolute Gasteiger partial charge is 0.149 e. The molecule has 0 fully saturated rings. The van der Waals surface area contributed by atoms with Crippen LogP contribution in [0.15, 0.2) is 12.1 Å². The number of benzene rings is 1. The fraction of sp³-hybridized carbons (Fsp3) is 0.538. The van der Waals surface area contributed by atoms with E-state index in [1.165, 1.54) is 6.07 Å². The molecule has 0 radical (unpaired) electrons. The first-order valence-corrected chi connectivity index (χ1v) is 5.90. The van der Waals surface area contributed by atoms with Crippen LogP contribution in [0.1, 0.15) is 38.2 Å². The van der Waals surface area contributed by atoms with Gasteiger partial charge in [-0.15, -0.1) is 0 Å². The minimum absolute atomic E-state index is 0.246. The van der Waals surface area contributed by atoms with Gasteiger partial charge in [0.1, 0.15) is 11.6 Å². The highest BCUT2D eigenvalue weighted by Gasteiger charge is 2.30. The zero-order valence-electron chi connectivity index (χ0n) is 9.69. The lowest BCUT2D eigenvalue weighted by Crippen LogP contribution is -2.13. The van der Waals surface area contributed by atoms with Crippen LogP contribution in [0, 0.1) is 17.6 Å². The lowest BCUT2D eigenvalue weighted by Gasteiger charge is -2.20. The Morgan fingerprint density at radius 1 is 1.31 bits per heavy atom. The Labute approximate surface area is 94.9 Å². The number of hydrogen-bond donors (Lipinski definition) is 1. The highest BCUT2D eigenvalue weighted by molar-refractivity contribution is 5.59. The second kappa shape index (κ2) is 4.40. The molecule has 0 spiro atoms. The molecule has 1 aliphatic rings. The van der Waals surface area contributed by atoms with Crippen molar-refractivity contribution in [2.45, 2.75) is 32.6 Å². The van der Waals surface area contributed by atoms with E-state index < -0.39 is 11.6 Å². The molecule has 1 nitrogen and oxygen atoms in total. The zero-order chi connectivity index (χ0) is 11.7. The third kappa shape index (κ3) is 1.79. The van der Waals surface area contributed by atoms with Gasteiger partial charge in [-0.05, 0) is 17.5 Å². The first kappa shape index (κ1) is 11.4. The monoisotopic (exact) mass is 225 g/mol. The van der Waals surface area contributed by atoms with E-state index in [0.717, 1.165) is 31.0 Å². The normalized spacial score (nSPS) is 18.7. The maximum Gasteiger partial charge on any atom is 0.149 e. The molecule has 0 aliphatic carbocycles. The van der Waals surface area contributed by atoms with Crippen molar-refractivity contribution in [3.63, 3.8) is 0 Å². The number of rotatable bonds is 3. The molecule has 1 unspecified atom stereocenters. The standard InChI is InChI=1S/C13H17F2N/c1-3-8(4-2)11-7-16-13-10(11)5-9(14)6-12(13)15/h5-6,8,11,16H,3-4,7H2,1-2H3. The Hall–Kier alpha value is -1.12. The molecule has 0 bridgehead atoms. The number of halogens is 2. The van der Waals surface area contributed by atoms with Crippen molar-refractivity contribution in [3.05, 3.63) is 29.3 Å². The van der Waals surface area contributed by atoms with Gasteiger partial charge in [-0.25, -0.2) is 8.78 Å².